The fourth-order valence-corrected chi connectivity index (χ4v) is 5.98. The van der Waals surface area contributed by atoms with E-state index in [-0.39, 0.29) is 75.2 Å². The normalized spacial score (nSPS) is 13.4. The number of aromatic hydroxyl groups is 1. The van der Waals surface area contributed by atoms with Crippen LogP contribution in [0.5, 0.6) is 5.75 Å². The quantitative estimate of drug-likeness (QED) is 0.0293. The van der Waals surface area contributed by atoms with Gasteiger partial charge >= 0.3 is 0 Å². The molecular formula is C39H61N13O7. The van der Waals surface area contributed by atoms with Gasteiger partial charge in [-0.1, -0.05) is 56.3 Å². The van der Waals surface area contributed by atoms with E-state index in [9.17, 15) is 33.9 Å². The number of carbonyl (C=O) groups excluding carboxylic acids is 6. The van der Waals surface area contributed by atoms with E-state index in [2.05, 4.69) is 31.9 Å². The van der Waals surface area contributed by atoms with Crippen LogP contribution < -0.4 is 54.8 Å². The van der Waals surface area contributed by atoms with Crippen molar-refractivity contribution in [3.8, 4) is 5.75 Å². The monoisotopic (exact) mass is 823 g/mol. The molecule has 0 aliphatic rings. The Morgan fingerprint density at radius 2 is 1.17 bits per heavy atom. The number of carbonyl (C=O) groups is 6. The fraction of sp³-hybridized carbons (Fsp3) is 0.487. The molecule has 0 aromatic heterocycles. The number of nitrogens with two attached hydrogens (primary N) is 4. The molecule has 0 radical (unpaired) electrons. The van der Waals surface area contributed by atoms with Crippen molar-refractivity contribution < 1.29 is 33.9 Å². The number of rotatable bonds is 25. The van der Waals surface area contributed by atoms with Gasteiger partial charge in [0.05, 0.1) is 12.6 Å². The summed E-state index contributed by atoms with van der Waals surface area (Å²) in [5.74, 6) is -4.69. The first kappa shape index (κ1) is 48.7. The van der Waals surface area contributed by atoms with Gasteiger partial charge in [-0.15, -0.1) is 0 Å². The number of hydrogen-bond acceptors (Lipinski definition) is 10. The molecule has 0 fully saturated rings. The van der Waals surface area contributed by atoms with Crippen LogP contribution in [0.4, 0.5) is 0 Å². The summed E-state index contributed by atoms with van der Waals surface area (Å²) in [7, 11) is 1.41. The number of guanidine groups is 2. The molecule has 0 saturated heterocycles. The summed E-state index contributed by atoms with van der Waals surface area (Å²) in [6.07, 6.45) is 1.11. The van der Waals surface area contributed by atoms with Crippen LogP contribution in [0.15, 0.2) is 54.6 Å². The number of phenols is 1. The zero-order valence-electron chi connectivity index (χ0n) is 33.9. The van der Waals surface area contributed by atoms with E-state index in [1.165, 1.54) is 19.2 Å². The van der Waals surface area contributed by atoms with Crippen LogP contribution in [0.25, 0.3) is 0 Å². The number of amides is 6. The third-order valence-electron chi connectivity index (χ3n) is 9.00. The molecule has 2 aromatic rings. The van der Waals surface area contributed by atoms with E-state index in [4.69, 9.17) is 33.8 Å². The molecule has 20 nitrogen and oxygen atoms in total. The number of likely N-dealkylation sites (N-methyl/N-ethyl adjacent to an activating group) is 1. The Hall–Kier alpha value is -6.44. The standard InChI is InChI=1S/C39H61N13O7/c1-23(2)19-30(35(57)50-29(12-8-18-47-39(44)45)34(56)49-28(33(41)55)11-7-17-46-38(42)43)51-36(58)31(21-24-9-5-4-6-10-24)48-32(54)22-52(3)37(59)27(40)20-25-13-15-26(53)16-14-25/h4-6,9-10,13-16,23,27-31,53H,7-8,11-12,17-22,40H2,1-3H3,(H2,41,55)(H,48,54)(H,49,56)(H,50,57)(H,51,58)(H4,42,43,46)(H4,44,45,47)/t27-,28+,29+,30-,31-/m0/s1. The maximum absolute atomic E-state index is 14.0. The van der Waals surface area contributed by atoms with Gasteiger partial charge in [-0.2, -0.15) is 0 Å². The van der Waals surface area contributed by atoms with Gasteiger partial charge in [0.15, 0.2) is 11.9 Å². The number of nitrogens with zero attached hydrogens (tertiary/aromatic N) is 1. The molecule has 0 aliphatic carbocycles. The average Bonchev–Trinajstić information content (AvgIpc) is 3.16. The van der Waals surface area contributed by atoms with Gasteiger partial charge in [-0.05, 0) is 67.7 Å². The van der Waals surface area contributed by atoms with E-state index in [0.717, 1.165) is 4.90 Å². The van der Waals surface area contributed by atoms with Gasteiger partial charge in [0.1, 0.15) is 29.9 Å². The van der Waals surface area contributed by atoms with E-state index < -0.39 is 72.2 Å². The van der Waals surface area contributed by atoms with Crippen molar-refractivity contribution in [3.63, 3.8) is 0 Å². The molecule has 2 rings (SSSR count). The lowest BCUT2D eigenvalue weighted by Crippen LogP contribution is -2.59. The summed E-state index contributed by atoms with van der Waals surface area (Å²) in [6.45, 7) is 3.70. The Kier molecular flexibility index (Phi) is 20.7. The van der Waals surface area contributed by atoms with Crippen molar-refractivity contribution in [3.05, 3.63) is 65.7 Å². The first-order chi connectivity index (χ1) is 27.9. The molecule has 17 N–H and O–H groups in total. The summed E-state index contributed by atoms with van der Waals surface area (Å²) in [4.78, 5) is 81.3. The maximum Gasteiger partial charge on any atom is 0.243 e. The molecule has 6 amide bonds. The van der Waals surface area contributed by atoms with Gasteiger partial charge in [0, 0.05) is 26.6 Å². The highest BCUT2D eigenvalue weighted by Gasteiger charge is 2.32. The predicted octanol–water partition coefficient (Wildman–Crippen LogP) is -2.04. The molecule has 5 atom stereocenters. The molecule has 59 heavy (non-hydrogen) atoms. The van der Waals surface area contributed by atoms with Crippen molar-refractivity contribution in [2.75, 3.05) is 26.7 Å². The highest BCUT2D eigenvalue weighted by atomic mass is 16.3. The molecule has 324 valence electrons. The SMILES string of the molecule is CC(C)C[C@H](NC(=O)[C@H](Cc1ccccc1)NC(=O)CN(C)C(=O)[C@@H](N)Cc1ccc(O)cc1)C(=O)N[C@H](CCCNC(=N)N)C(=O)N[C@H](CCCNC(=N)N)C(N)=O. The second-order valence-electron chi connectivity index (χ2n) is 14.7. The first-order valence-electron chi connectivity index (χ1n) is 19.3. The summed E-state index contributed by atoms with van der Waals surface area (Å²) in [5.41, 5.74) is 23.8. The number of benzene rings is 2. The summed E-state index contributed by atoms with van der Waals surface area (Å²) >= 11 is 0. The number of primary amides is 1. The third kappa shape index (κ3) is 19.0. The van der Waals surface area contributed by atoms with Gasteiger partial charge < -0.3 is 64.8 Å². The van der Waals surface area contributed by atoms with Gasteiger partial charge in [0.2, 0.25) is 35.4 Å². The minimum absolute atomic E-state index is 0.0388. The molecule has 0 aliphatic heterocycles. The van der Waals surface area contributed by atoms with Crippen molar-refractivity contribution >= 4 is 47.4 Å². The highest BCUT2D eigenvalue weighted by Crippen LogP contribution is 2.13. The molecule has 0 spiro atoms. The summed E-state index contributed by atoms with van der Waals surface area (Å²) < 4.78 is 0. The Bertz CT molecular complexity index is 1730. The van der Waals surface area contributed by atoms with E-state index in [1.54, 1.807) is 42.5 Å². The Balaban J connectivity index is 2.25. The Labute approximate surface area is 344 Å². The molecule has 0 heterocycles. The predicted molar refractivity (Wildman–Crippen MR) is 222 cm³/mol. The number of hydrogen-bond donors (Lipinski definition) is 13. The van der Waals surface area contributed by atoms with Crippen LogP contribution in [-0.2, 0) is 41.6 Å². The average molecular weight is 824 g/mol. The second kappa shape index (κ2) is 25.0. The molecule has 20 heteroatoms. The molecular weight excluding hydrogens is 763 g/mol. The molecule has 0 saturated carbocycles. The summed E-state index contributed by atoms with van der Waals surface area (Å²) in [5, 5.41) is 40.2. The molecule has 0 unspecified atom stereocenters. The topological polar surface area (TPSA) is 350 Å². The van der Waals surface area contributed by atoms with Crippen molar-refractivity contribution in [1.82, 2.24) is 36.8 Å². The smallest absolute Gasteiger partial charge is 0.243 e. The van der Waals surface area contributed by atoms with Gasteiger partial charge in [-0.25, -0.2) is 0 Å². The van der Waals surface area contributed by atoms with Crippen molar-refractivity contribution in [1.29, 1.82) is 10.8 Å². The second-order valence-corrected chi connectivity index (χ2v) is 14.7. The minimum Gasteiger partial charge on any atom is -0.508 e. The Morgan fingerprint density at radius 3 is 1.71 bits per heavy atom. The van der Waals surface area contributed by atoms with Crippen LogP contribution in [-0.4, -0.2) is 114 Å². The van der Waals surface area contributed by atoms with Crippen LogP contribution >= 0.6 is 0 Å². The summed E-state index contributed by atoms with van der Waals surface area (Å²) in [6, 6.07) is 9.45. The lowest BCUT2D eigenvalue weighted by Gasteiger charge is -2.27. The zero-order chi connectivity index (χ0) is 44.1. The van der Waals surface area contributed by atoms with Crippen LogP contribution in [0.1, 0.15) is 57.1 Å². The van der Waals surface area contributed by atoms with Crippen molar-refractivity contribution in [2.45, 2.75) is 89.0 Å². The lowest BCUT2D eigenvalue weighted by atomic mass is 10.00. The van der Waals surface area contributed by atoms with Crippen LogP contribution in [0, 0.1) is 16.7 Å². The zero-order valence-corrected chi connectivity index (χ0v) is 33.9. The first-order valence-corrected chi connectivity index (χ1v) is 19.3. The van der Waals surface area contributed by atoms with Crippen molar-refractivity contribution in [2.24, 2.45) is 28.9 Å². The number of nitrogens with one attached hydrogen (secondary N) is 8. The van der Waals surface area contributed by atoms with Gasteiger partial charge in [-0.3, -0.25) is 39.6 Å². The highest BCUT2D eigenvalue weighted by molar-refractivity contribution is 5.96. The maximum atomic E-state index is 14.0. The van der Waals surface area contributed by atoms with Gasteiger partial charge in [0.25, 0.3) is 0 Å². The molecule has 2 aromatic carbocycles. The third-order valence-corrected chi connectivity index (χ3v) is 9.00. The number of phenolic OH excluding ortho intramolecular Hbond substituents is 1. The van der Waals surface area contributed by atoms with E-state index >= 15 is 0 Å². The largest absolute Gasteiger partial charge is 0.508 e. The van der Waals surface area contributed by atoms with E-state index in [1.807, 2.05) is 13.8 Å². The van der Waals surface area contributed by atoms with Crippen LogP contribution in [0.3, 0.4) is 0 Å². The fourth-order valence-electron chi connectivity index (χ4n) is 5.98. The molecule has 0 bridgehead atoms. The minimum atomic E-state index is -1.20. The Morgan fingerprint density at radius 1 is 0.678 bits per heavy atom. The van der Waals surface area contributed by atoms with Crippen LogP contribution in [0.2, 0.25) is 0 Å². The lowest BCUT2D eigenvalue weighted by molar-refractivity contribution is -0.137. The van der Waals surface area contributed by atoms with E-state index in [0.29, 0.717) is 17.5 Å².